The number of rotatable bonds is 5. The van der Waals surface area contributed by atoms with Gasteiger partial charge in [0.25, 0.3) is 0 Å². The van der Waals surface area contributed by atoms with Gasteiger partial charge in [0.2, 0.25) is 0 Å². The Kier molecular flexibility index (Phi) is 4.60. The van der Waals surface area contributed by atoms with E-state index in [1.807, 2.05) is 30.3 Å². The summed E-state index contributed by atoms with van der Waals surface area (Å²) in [5, 5.41) is 10.4. The van der Waals surface area contributed by atoms with Crippen molar-refractivity contribution in [1.82, 2.24) is 9.55 Å². The van der Waals surface area contributed by atoms with Crippen LogP contribution in [0.15, 0.2) is 53.0 Å². The highest BCUT2D eigenvalue weighted by Gasteiger charge is 2.17. The van der Waals surface area contributed by atoms with Crippen LogP contribution in [0.1, 0.15) is 37.3 Å². The molecule has 3 aromatic rings. The number of aromatic nitrogens is 2. The Balaban J connectivity index is 2.05. The molecule has 0 aliphatic carbocycles. The van der Waals surface area contributed by atoms with E-state index in [4.69, 9.17) is 0 Å². The first-order valence-electron chi connectivity index (χ1n) is 7.56. The third-order valence-electron chi connectivity index (χ3n) is 3.80. The van der Waals surface area contributed by atoms with Crippen molar-refractivity contribution in [2.75, 3.05) is 0 Å². The highest BCUT2D eigenvalue weighted by molar-refractivity contribution is 9.10. The van der Waals surface area contributed by atoms with Crippen LogP contribution >= 0.6 is 15.9 Å². The predicted molar refractivity (Wildman–Crippen MR) is 92.8 cm³/mol. The summed E-state index contributed by atoms with van der Waals surface area (Å²) in [5.41, 5.74) is 3.19. The topological polar surface area (TPSA) is 38.1 Å². The summed E-state index contributed by atoms with van der Waals surface area (Å²) < 4.78 is 3.19. The van der Waals surface area contributed by atoms with E-state index in [2.05, 4.69) is 50.6 Å². The van der Waals surface area contributed by atoms with Crippen LogP contribution in [0.5, 0.6) is 0 Å². The van der Waals surface area contributed by atoms with Gasteiger partial charge in [0.1, 0.15) is 11.9 Å². The number of halogens is 1. The largest absolute Gasteiger partial charge is 0.385 e. The Hall–Kier alpha value is -1.65. The van der Waals surface area contributed by atoms with Gasteiger partial charge in [-0.15, -0.1) is 0 Å². The number of benzene rings is 2. The van der Waals surface area contributed by atoms with Crippen LogP contribution in [0.25, 0.3) is 11.0 Å². The minimum Gasteiger partial charge on any atom is -0.385 e. The monoisotopic (exact) mass is 358 g/mol. The maximum absolute atomic E-state index is 10.4. The fourth-order valence-electron chi connectivity index (χ4n) is 2.69. The molecule has 2 aromatic carbocycles. The fourth-order valence-corrected chi connectivity index (χ4v) is 2.95. The zero-order valence-electron chi connectivity index (χ0n) is 12.5. The van der Waals surface area contributed by atoms with E-state index >= 15 is 0 Å². The fraction of sp³-hybridized carbons (Fsp3) is 0.278. The van der Waals surface area contributed by atoms with Gasteiger partial charge in [0.05, 0.1) is 11.0 Å². The molecule has 1 unspecified atom stereocenters. The molecule has 1 N–H and O–H groups in total. The van der Waals surface area contributed by atoms with Gasteiger partial charge < -0.3 is 9.67 Å². The van der Waals surface area contributed by atoms with Gasteiger partial charge >= 0.3 is 0 Å². The molecule has 0 aliphatic heterocycles. The average Bonchev–Trinajstić information content (AvgIpc) is 2.89. The lowest BCUT2D eigenvalue weighted by Gasteiger charge is -2.13. The average molecular weight is 359 g/mol. The molecule has 0 spiro atoms. The summed E-state index contributed by atoms with van der Waals surface area (Å²) in [6, 6.07) is 16.3. The lowest BCUT2D eigenvalue weighted by molar-refractivity contribution is 0.153. The first kappa shape index (κ1) is 15.3. The Morgan fingerprint density at radius 3 is 2.59 bits per heavy atom. The van der Waals surface area contributed by atoms with Gasteiger partial charge in [0, 0.05) is 11.0 Å². The second kappa shape index (κ2) is 6.63. The molecule has 1 atom stereocenters. The second-order valence-electron chi connectivity index (χ2n) is 5.48. The van der Waals surface area contributed by atoms with Crippen molar-refractivity contribution >= 4 is 27.0 Å². The summed E-state index contributed by atoms with van der Waals surface area (Å²) >= 11 is 3.46. The first-order valence-corrected chi connectivity index (χ1v) is 8.36. The zero-order chi connectivity index (χ0) is 15.5. The Bertz CT molecular complexity index is 764. The molecule has 1 aromatic heterocycles. The number of imidazole rings is 1. The van der Waals surface area contributed by atoms with E-state index in [-0.39, 0.29) is 0 Å². The molecule has 0 saturated heterocycles. The third kappa shape index (κ3) is 3.08. The molecule has 114 valence electrons. The number of para-hydroxylation sites is 2. The minimum atomic E-state index is -0.521. The smallest absolute Gasteiger partial charge is 0.139 e. The van der Waals surface area contributed by atoms with Gasteiger partial charge in [-0.1, -0.05) is 53.5 Å². The summed E-state index contributed by atoms with van der Waals surface area (Å²) in [6.45, 7) is 2.79. The van der Waals surface area contributed by atoms with E-state index in [0.29, 0.717) is 6.54 Å². The Morgan fingerprint density at radius 1 is 1.14 bits per heavy atom. The van der Waals surface area contributed by atoms with Crippen molar-refractivity contribution in [3.8, 4) is 0 Å². The highest BCUT2D eigenvalue weighted by atomic mass is 79.9. The van der Waals surface area contributed by atoms with Crippen LogP contribution in [0.2, 0.25) is 0 Å². The molecule has 0 amide bonds. The van der Waals surface area contributed by atoms with Crippen LogP contribution in [0, 0.1) is 0 Å². The SMILES string of the molecule is CCCC(O)c1nc2ccccc2n1Cc1ccc(Br)cc1. The van der Waals surface area contributed by atoms with Crippen LogP contribution < -0.4 is 0 Å². The molecule has 1 heterocycles. The molecule has 0 radical (unpaired) electrons. The Morgan fingerprint density at radius 2 is 1.86 bits per heavy atom. The number of hydrogen-bond acceptors (Lipinski definition) is 2. The van der Waals surface area contributed by atoms with E-state index in [9.17, 15) is 5.11 Å². The normalized spacial score (nSPS) is 12.7. The quantitative estimate of drug-likeness (QED) is 0.718. The first-order chi connectivity index (χ1) is 10.7. The molecule has 0 saturated carbocycles. The van der Waals surface area contributed by atoms with Crippen molar-refractivity contribution in [2.45, 2.75) is 32.4 Å². The molecule has 0 bridgehead atoms. The summed E-state index contributed by atoms with van der Waals surface area (Å²) in [4.78, 5) is 4.65. The Labute approximate surface area is 138 Å². The van der Waals surface area contributed by atoms with E-state index in [0.717, 1.165) is 34.2 Å². The molecule has 0 fully saturated rings. The van der Waals surface area contributed by atoms with Gasteiger partial charge in [-0.05, 0) is 36.2 Å². The van der Waals surface area contributed by atoms with Crippen LogP contribution in [0.4, 0.5) is 0 Å². The lowest BCUT2D eigenvalue weighted by atomic mass is 10.2. The lowest BCUT2D eigenvalue weighted by Crippen LogP contribution is -2.10. The van der Waals surface area contributed by atoms with Crippen LogP contribution in [-0.2, 0) is 6.54 Å². The van der Waals surface area contributed by atoms with Gasteiger partial charge in [-0.25, -0.2) is 4.98 Å². The minimum absolute atomic E-state index is 0.521. The molecule has 3 nitrogen and oxygen atoms in total. The number of nitrogens with zero attached hydrogens (tertiary/aromatic N) is 2. The number of aliphatic hydroxyl groups excluding tert-OH is 1. The van der Waals surface area contributed by atoms with Crippen molar-refractivity contribution in [1.29, 1.82) is 0 Å². The molecule has 22 heavy (non-hydrogen) atoms. The number of hydrogen-bond donors (Lipinski definition) is 1. The van der Waals surface area contributed by atoms with Crippen molar-refractivity contribution in [3.63, 3.8) is 0 Å². The standard InChI is InChI=1S/C18H19BrN2O/c1-2-5-17(22)18-20-15-6-3-4-7-16(15)21(18)12-13-8-10-14(19)11-9-13/h3-4,6-11,17,22H,2,5,12H2,1H3. The number of aliphatic hydroxyl groups is 1. The van der Waals surface area contributed by atoms with Crippen LogP contribution in [0.3, 0.4) is 0 Å². The summed E-state index contributed by atoms with van der Waals surface area (Å²) in [5.74, 6) is 0.756. The maximum atomic E-state index is 10.4. The van der Waals surface area contributed by atoms with E-state index in [1.165, 1.54) is 5.56 Å². The maximum Gasteiger partial charge on any atom is 0.139 e. The second-order valence-corrected chi connectivity index (χ2v) is 6.39. The predicted octanol–water partition coefficient (Wildman–Crippen LogP) is 4.68. The number of fused-ring (bicyclic) bond motifs is 1. The van der Waals surface area contributed by atoms with Crippen molar-refractivity contribution < 1.29 is 5.11 Å². The van der Waals surface area contributed by atoms with E-state index in [1.54, 1.807) is 0 Å². The molecular weight excluding hydrogens is 340 g/mol. The molecular formula is C18H19BrN2O. The molecule has 4 heteroatoms. The molecule has 0 aliphatic rings. The van der Waals surface area contributed by atoms with Crippen molar-refractivity contribution in [2.24, 2.45) is 0 Å². The molecule has 3 rings (SSSR count). The summed E-state index contributed by atoms with van der Waals surface area (Å²) in [6.07, 6.45) is 1.14. The van der Waals surface area contributed by atoms with Gasteiger partial charge in [-0.3, -0.25) is 0 Å². The van der Waals surface area contributed by atoms with Gasteiger partial charge in [0.15, 0.2) is 0 Å². The third-order valence-corrected chi connectivity index (χ3v) is 4.33. The van der Waals surface area contributed by atoms with Crippen LogP contribution in [-0.4, -0.2) is 14.7 Å². The van der Waals surface area contributed by atoms with Gasteiger partial charge in [-0.2, -0.15) is 0 Å². The van der Waals surface area contributed by atoms with Crippen molar-refractivity contribution in [3.05, 3.63) is 64.4 Å². The highest BCUT2D eigenvalue weighted by Crippen LogP contribution is 2.25. The zero-order valence-corrected chi connectivity index (χ0v) is 14.1. The summed E-state index contributed by atoms with van der Waals surface area (Å²) in [7, 11) is 0. The van der Waals surface area contributed by atoms with E-state index < -0.39 is 6.10 Å².